The highest BCUT2D eigenvalue weighted by Crippen LogP contribution is 2.22. The number of piperazine rings is 1. The second-order valence-electron chi connectivity index (χ2n) is 5.11. The number of benzene rings is 1. The zero-order chi connectivity index (χ0) is 14.7. The number of anilines is 2. The second-order valence-corrected chi connectivity index (χ2v) is 5.38. The van der Waals surface area contributed by atoms with Crippen molar-refractivity contribution in [3.63, 3.8) is 0 Å². The predicted molar refractivity (Wildman–Crippen MR) is 84.6 cm³/mol. The monoisotopic (exact) mass is 305 g/mol. The molecule has 2 aromatic rings. The van der Waals surface area contributed by atoms with Gasteiger partial charge in [-0.1, -0.05) is 6.07 Å². The molecule has 0 N–H and O–H groups in total. The van der Waals surface area contributed by atoms with Crippen LogP contribution < -0.4 is 9.80 Å². The number of alkyl halides is 1. The molecule has 3 nitrogen and oxygen atoms in total. The zero-order valence-electron chi connectivity index (χ0n) is 11.7. The van der Waals surface area contributed by atoms with Crippen molar-refractivity contribution in [1.29, 1.82) is 0 Å². The van der Waals surface area contributed by atoms with E-state index in [1.54, 1.807) is 12.3 Å². The van der Waals surface area contributed by atoms with E-state index in [-0.39, 0.29) is 5.82 Å². The van der Waals surface area contributed by atoms with E-state index < -0.39 is 0 Å². The molecule has 0 aliphatic carbocycles. The second kappa shape index (κ2) is 6.31. The van der Waals surface area contributed by atoms with E-state index >= 15 is 0 Å². The lowest BCUT2D eigenvalue weighted by Gasteiger charge is -2.36. The summed E-state index contributed by atoms with van der Waals surface area (Å²) in [6.07, 6.45) is 1.81. The molecule has 1 aromatic carbocycles. The molecule has 1 aliphatic heterocycles. The largest absolute Gasteiger partial charge is 0.368 e. The number of aromatic nitrogens is 1. The van der Waals surface area contributed by atoms with Crippen molar-refractivity contribution in [2.45, 2.75) is 5.88 Å². The van der Waals surface area contributed by atoms with Crippen LogP contribution in [0.4, 0.5) is 15.9 Å². The minimum absolute atomic E-state index is 0.227. The minimum atomic E-state index is -0.227. The molecule has 0 amide bonds. The minimum Gasteiger partial charge on any atom is -0.368 e. The highest BCUT2D eigenvalue weighted by atomic mass is 35.5. The third-order valence-corrected chi connectivity index (χ3v) is 4.02. The molecule has 0 unspecified atom stereocenters. The molecule has 0 radical (unpaired) electrons. The van der Waals surface area contributed by atoms with E-state index in [0.29, 0.717) is 5.88 Å². The highest BCUT2D eigenvalue weighted by Gasteiger charge is 2.18. The van der Waals surface area contributed by atoms with Crippen molar-refractivity contribution >= 4 is 23.1 Å². The summed E-state index contributed by atoms with van der Waals surface area (Å²) >= 11 is 5.81. The Labute approximate surface area is 129 Å². The lowest BCUT2D eigenvalue weighted by molar-refractivity contribution is 0.618. The number of nitrogens with zero attached hydrogens (tertiary/aromatic N) is 3. The van der Waals surface area contributed by atoms with Gasteiger partial charge in [0.15, 0.2) is 0 Å². The van der Waals surface area contributed by atoms with Crippen molar-refractivity contribution < 1.29 is 4.39 Å². The maximum atomic E-state index is 13.6. The Morgan fingerprint density at radius 2 is 1.81 bits per heavy atom. The Hall–Kier alpha value is -1.81. The van der Waals surface area contributed by atoms with Crippen LogP contribution in [0.2, 0.25) is 0 Å². The number of halogens is 2. The first kappa shape index (κ1) is 14.1. The van der Waals surface area contributed by atoms with Crippen LogP contribution in [-0.4, -0.2) is 31.2 Å². The summed E-state index contributed by atoms with van der Waals surface area (Å²) in [6, 6.07) is 11.0. The number of hydrogen-bond donors (Lipinski definition) is 0. The third kappa shape index (κ3) is 3.27. The highest BCUT2D eigenvalue weighted by molar-refractivity contribution is 6.17. The first-order chi connectivity index (χ1) is 10.3. The summed E-state index contributed by atoms with van der Waals surface area (Å²) in [6.45, 7) is 3.46. The lowest BCUT2D eigenvalue weighted by atomic mass is 10.2. The Morgan fingerprint density at radius 3 is 2.48 bits per heavy atom. The van der Waals surface area contributed by atoms with Gasteiger partial charge >= 0.3 is 0 Å². The van der Waals surface area contributed by atoms with Crippen LogP contribution >= 0.6 is 11.6 Å². The molecule has 1 aliphatic rings. The van der Waals surface area contributed by atoms with Gasteiger partial charge in [-0.2, -0.15) is 0 Å². The van der Waals surface area contributed by atoms with Crippen molar-refractivity contribution in [2.75, 3.05) is 36.0 Å². The summed E-state index contributed by atoms with van der Waals surface area (Å²) < 4.78 is 13.6. The maximum absolute atomic E-state index is 13.6. The Bertz CT molecular complexity index is 598. The van der Waals surface area contributed by atoms with Gasteiger partial charge in [0.1, 0.15) is 11.6 Å². The third-order valence-electron chi connectivity index (χ3n) is 3.71. The quantitative estimate of drug-likeness (QED) is 0.811. The van der Waals surface area contributed by atoms with Crippen molar-refractivity contribution in [2.24, 2.45) is 0 Å². The zero-order valence-corrected chi connectivity index (χ0v) is 12.4. The molecule has 2 heterocycles. The summed E-state index contributed by atoms with van der Waals surface area (Å²) in [5, 5.41) is 0. The molecule has 1 fully saturated rings. The SMILES string of the molecule is Fc1cc(CCl)cc(N2CCN(c3ccccn3)CC2)c1. The number of pyridine rings is 1. The van der Waals surface area contributed by atoms with Crippen LogP contribution in [-0.2, 0) is 5.88 Å². The number of rotatable bonds is 3. The normalized spacial score (nSPS) is 15.3. The van der Waals surface area contributed by atoms with E-state index in [4.69, 9.17) is 11.6 Å². The van der Waals surface area contributed by atoms with Gasteiger partial charge in [-0.25, -0.2) is 9.37 Å². The summed E-state index contributed by atoms with van der Waals surface area (Å²) in [5.41, 5.74) is 1.73. The Kier molecular flexibility index (Phi) is 4.25. The fourth-order valence-electron chi connectivity index (χ4n) is 2.63. The molecule has 21 heavy (non-hydrogen) atoms. The molecule has 0 saturated carbocycles. The summed E-state index contributed by atoms with van der Waals surface area (Å²) in [4.78, 5) is 8.81. The van der Waals surface area contributed by atoms with Gasteiger partial charge in [0.2, 0.25) is 0 Å². The fourth-order valence-corrected chi connectivity index (χ4v) is 2.78. The van der Waals surface area contributed by atoms with Crippen molar-refractivity contribution in [3.8, 4) is 0 Å². The molecule has 3 rings (SSSR count). The first-order valence-electron chi connectivity index (χ1n) is 7.02. The van der Waals surface area contributed by atoms with Crippen molar-refractivity contribution in [3.05, 3.63) is 54.0 Å². The fraction of sp³-hybridized carbons (Fsp3) is 0.312. The van der Waals surface area contributed by atoms with Crippen LogP contribution in [0.1, 0.15) is 5.56 Å². The number of hydrogen-bond acceptors (Lipinski definition) is 3. The molecular weight excluding hydrogens is 289 g/mol. The molecule has 1 aromatic heterocycles. The van der Waals surface area contributed by atoms with Gasteiger partial charge in [0.05, 0.1) is 0 Å². The summed E-state index contributed by atoms with van der Waals surface area (Å²) in [5.74, 6) is 1.10. The Balaban J connectivity index is 1.70. The molecule has 0 atom stereocenters. The van der Waals surface area contributed by atoms with Gasteiger partial charge in [-0.3, -0.25) is 0 Å². The van der Waals surface area contributed by atoms with Gasteiger partial charge in [0.25, 0.3) is 0 Å². The van der Waals surface area contributed by atoms with E-state index in [1.807, 2.05) is 24.3 Å². The molecule has 0 spiro atoms. The van der Waals surface area contributed by atoms with E-state index in [2.05, 4.69) is 14.8 Å². The van der Waals surface area contributed by atoms with E-state index in [9.17, 15) is 4.39 Å². The van der Waals surface area contributed by atoms with Gasteiger partial charge < -0.3 is 9.80 Å². The average Bonchev–Trinajstić information content (AvgIpc) is 2.55. The molecular formula is C16H17ClFN3. The van der Waals surface area contributed by atoms with E-state index in [0.717, 1.165) is 43.2 Å². The van der Waals surface area contributed by atoms with Crippen LogP contribution in [0.5, 0.6) is 0 Å². The van der Waals surface area contributed by atoms with E-state index in [1.165, 1.54) is 6.07 Å². The molecule has 1 saturated heterocycles. The predicted octanol–water partition coefficient (Wildman–Crippen LogP) is 3.29. The average molecular weight is 306 g/mol. The van der Waals surface area contributed by atoms with Crippen LogP contribution in [0.25, 0.3) is 0 Å². The molecule has 5 heteroatoms. The topological polar surface area (TPSA) is 19.4 Å². The van der Waals surface area contributed by atoms with Gasteiger partial charge in [-0.05, 0) is 35.9 Å². The maximum Gasteiger partial charge on any atom is 0.128 e. The van der Waals surface area contributed by atoms with Crippen molar-refractivity contribution in [1.82, 2.24) is 4.98 Å². The first-order valence-corrected chi connectivity index (χ1v) is 7.56. The summed E-state index contributed by atoms with van der Waals surface area (Å²) in [7, 11) is 0. The smallest absolute Gasteiger partial charge is 0.128 e. The van der Waals surface area contributed by atoms with Gasteiger partial charge in [-0.15, -0.1) is 11.6 Å². The van der Waals surface area contributed by atoms with Crippen LogP contribution in [0.3, 0.4) is 0 Å². The molecule has 0 bridgehead atoms. The molecule has 110 valence electrons. The van der Waals surface area contributed by atoms with Crippen LogP contribution in [0.15, 0.2) is 42.6 Å². The Morgan fingerprint density at radius 1 is 1.05 bits per heavy atom. The lowest BCUT2D eigenvalue weighted by Crippen LogP contribution is -2.46. The van der Waals surface area contributed by atoms with Gasteiger partial charge in [0, 0.05) is 43.9 Å². The van der Waals surface area contributed by atoms with Crippen LogP contribution in [0, 0.1) is 5.82 Å². The standard InChI is InChI=1S/C16H17ClFN3/c17-12-13-9-14(18)11-15(10-13)20-5-7-21(8-6-20)16-3-1-2-4-19-16/h1-4,9-11H,5-8,12H2.